The maximum Gasteiger partial charge on any atom is 0.306 e. The standard InChI is InChI=1S/C22H36N2O4/c1-3-23-15-5-6-16(23)12-19(11-15)27-21(25)9-10-22(26)28-20-13-17-7-8-18(14-20)24(17)4-2/h15-20H,3-14H2,1-2H3/t15-,16+,17-,18+,19?,20?. The van der Waals surface area contributed by atoms with Crippen molar-refractivity contribution in [1.29, 1.82) is 0 Å². The van der Waals surface area contributed by atoms with Gasteiger partial charge in [-0.2, -0.15) is 0 Å². The van der Waals surface area contributed by atoms with Gasteiger partial charge in [-0.15, -0.1) is 0 Å². The third kappa shape index (κ3) is 4.23. The van der Waals surface area contributed by atoms with Gasteiger partial charge >= 0.3 is 11.9 Å². The van der Waals surface area contributed by atoms with E-state index in [0.29, 0.717) is 24.2 Å². The predicted molar refractivity (Wildman–Crippen MR) is 106 cm³/mol. The number of fused-ring (bicyclic) bond motifs is 4. The molecule has 2 unspecified atom stereocenters. The summed E-state index contributed by atoms with van der Waals surface area (Å²) >= 11 is 0. The number of rotatable bonds is 7. The van der Waals surface area contributed by atoms with E-state index in [9.17, 15) is 9.59 Å². The molecule has 0 aromatic carbocycles. The Morgan fingerprint density at radius 1 is 0.679 bits per heavy atom. The van der Waals surface area contributed by atoms with Crippen LogP contribution in [0.1, 0.15) is 78.1 Å². The van der Waals surface area contributed by atoms with E-state index in [-0.39, 0.29) is 37.0 Å². The molecule has 0 aromatic rings. The Hall–Kier alpha value is -1.14. The molecule has 6 nitrogen and oxygen atoms in total. The van der Waals surface area contributed by atoms with E-state index >= 15 is 0 Å². The van der Waals surface area contributed by atoms with Gasteiger partial charge in [0.2, 0.25) is 0 Å². The van der Waals surface area contributed by atoms with Crippen LogP contribution in [0.25, 0.3) is 0 Å². The largest absolute Gasteiger partial charge is 0.462 e. The highest BCUT2D eigenvalue weighted by Crippen LogP contribution is 2.37. The summed E-state index contributed by atoms with van der Waals surface area (Å²) in [5, 5.41) is 0. The van der Waals surface area contributed by atoms with Gasteiger partial charge in [-0.25, -0.2) is 0 Å². The lowest BCUT2D eigenvalue weighted by atomic mass is 9.99. The van der Waals surface area contributed by atoms with Gasteiger partial charge in [-0.05, 0) is 38.8 Å². The lowest BCUT2D eigenvalue weighted by Crippen LogP contribution is -2.45. The molecule has 158 valence electrons. The first kappa shape index (κ1) is 20.1. The molecule has 4 fully saturated rings. The summed E-state index contributed by atoms with van der Waals surface area (Å²) in [7, 11) is 0. The van der Waals surface area contributed by atoms with Crippen LogP contribution in [0.3, 0.4) is 0 Å². The Balaban J connectivity index is 1.16. The van der Waals surface area contributed by atoms with Crippen LogP contribution >= 0.6 is 0 Å². The van der Waals surface area contributed by atoms with Crippen molar-refractivity contribution >= 4 is 11.9 Å². The van der Waals surface area contributed by atoms with Crippen LogP contribution in [0.5, 0.6) is 0 Å². The molecule has 0 spiro atoms. The van der Waals surface area contributed by atoms with Gasteiger partial charge in [0.15, 0.2) is 0 Å². The Kier molecular flexibility index (Phi) is 6.26. The molecule has 4 rings (SSSR count). The zero-order valence-corrected chi connectivity index (χ0v) is 17.5. The second-order valence-corrected chi connectivity index (χ2v) is 9.10. The number of carbonyl (C=O) groups is 2. The van der Waals surface area contributed by atoms with E-state index in [1.54, 1.807) is 0 Å². The van der Waals surface area contributed by atoms with Crippen LogP contribution in [0, 0.1) is 0 Å². The van der Waals surface area contributed by atoms with Gasteiger partial charge < -0.3 is 9.47 Å². The van der Waals surface area contributed by atoms with Gasteiger partial charge in [0, 0.05) is 49.9 Å². The highest BCUT2D eigenvalue weighted by atomic mass is 16.6. The molecule has 0 aromatic heterocycles. The Morgan fingerprint density at radius 3 is 1.29 bits per heavy atom. The molecule has 4 saturated heterocycles. The first-order valence-electron chi connectivity index (χ1n) is 11.5. The van der Waals surface area contributed by atoms with Crippen molar-refractivity contribution in [2.24, 2.45) is 0 Å². The van der Waals surface area contributed by atoms with Gasteiger partial charge in [0.25, 0.3) is 0 Å². The van der Waals surface area contributed by atoms with Gasteiger partial charge in [0.1, 0.15) is 12.2 Å². The first-order chi connectivity index (χ1) is 13.6. The molecule has 4 aliphatic heterocycles. The molecule has 4 heterocycles. The van der Waals surface area contributed by atoms with E-state index in [1.807, 2.05) is 0 Å². The van der Waals surface area contributed by atoms with E-state index in [4.69, 9.17) is 9.47 Å². The average molecular weight is 393 g/mol. The molecule has 0 amide bonds. The van der Waals surface area contributed by atoms with Crippen LogP contribution in [-0.4, -0.2) is 71.2 Å². The van der Waals surface area contributed by atoms with E-state index in [2.05, 4.69) is 23.6 Å². The smallest absolute Gasteiger partial charge is 0.306 e. The number of ether oxygens (including phenoxy) is 2. The number of carbonyl (C=O) groups excluding carboxylic acids is 2. The lowest BCUT2D eigenvalue weighted by Gasteiger charge is -2.38. The Bertz CT molecular complexity index is 505. The van der Waals surface area contributed by atoms with Crippen molar-refractivity contribution in [1.82, 2.24) is 9.80 Å². The fraction of sp³-hybridized carbons (Fsp3) is 0.909. The summed E-state index contributed by atoms with van der Waals surface area (Å²) in [5.41, 5.74) is 0. The first-order valence-corrected chi connectivity index (χ1v) is 11.5. The highest BCUT2D eigenvalue weighted by molar-refractivity contribution is 5.77. The fourth-order valence-electron chi connectivity index (χ4n) is 6.37. The molecular weight excluding hydrogens is 356 g/mol. The molecular formula is C22H36N2O4. The normalized spacial score (nSPS) is 37.8. The quantitative estimate of drug-likeness (QED) is 0.621. The number of hydrogen-bond acceptors (Lipinski definition) is 6. The number of piperidine rings is 2. The van der Waals surface area contributed by atoms with Crippen LogP contribution in [0.2, 0.25) is 0 Å². The molecule has 0 aliphatic carbocycles. The minimum atomic E-state index is -0.243. The van der Waals surface area contributed by atoms with Gasteiger partial charge in [-0.3, -0.25) is 19.4 Å². The summed E-state index contributed by atoms with van der Waals surface area (Å²) in [6, 6.07) is 2.26. The molecule has 0 saturated carbocycles. The second kappa shape index (κ2) is 8.70. The zero-order chi connectivity index (χ0) is 19.7. The third-order valence-electron chi connectivity index (χ3n) is 7.54. The molecule has 0 N–H and O–H groups in total. The molecule has 6 heteroatoms. The van der Waals surface area contributed by atoms with Crippen molar-refractivity contribution in [2.75, 3.05) is 13.1 Å². The molecule has 6 atom stereocenters. The SMILES string of the molecule is CCN1[C@@H]2CC[C@H]1CC(OC(=O)CCC(=O)OC1C[C@H]3CC[C@@H](C1)N3CC)C2. The Morgan fingerprint density at radius 2 is 1.00 bits per heavy atom. The summed E-state index contributed by atoms with van der Waals surface area (Å²) in [6.07, 6.45) is 8.99. The fourth-order valence-corrected chi connectivity index (χ4v) is 6.37. The molecule has 0 radical (unpaired) electrons. The third-order valence-corrected chi connectivity index (χ3v) is 7.54. The maximum atomic E-state index is 12.2. The van der Waals surface area contributed by atoms with Crippen LogP contribution in [-0.2, 0) is 19.1 Å². The summed E-state index contributed by atoms with van der Waals surface area (Å²) in [6.45, 7) is 6.59. The van der Waals surface area contributed by atoms with Gasteiger partial charge in [0.05, 0.1) is 12.8 Å². The summed E-state index contributed by atoms with van der Waals surface area (Å²) in [5.74, 6) is -0.487. The minimum absolute atomic E-state index is 0.0258. The van der Waals surface area contributed by atoms with Crippen LogP contribution < -0.4 is 0 Å². The van der Waals surface area contributed by atoms with Crippen molar-refractivity contribution < 1.29 is 19.1 Å². The maximum absolute atomic E-state index is 12.2. The predicted octanol–water partition coefficient (Wildman–Crippen LogP) is 2.88. The molecule has 4 bridgehead atoms. The number of esters is 2. The topological polar surface area (TPSA) is 59.1 Å². The van der Waals surface area contributed by atoms with E-state index < -0.39 is 0 Å². The summed E-state index contributed by atoms with van der Waals surface area (Å²) < 4.78 is 11.4. The number of nitrogens with zero attached hydrogens (tertiary/aromatic N) is 2. The monoisotopic (exact) mass is 392 g/mol. The molecule has 4 aliphatic rings. The van der Waals surface area contributed by atoms with Crippen LogP contribution in [0.4, 0.5) is 0 Å². The zero-order valence-electron chi connectivity index (χ0n) is 17.5. The van der Waals surface area contributed by atoms with Crippen molar-refractivity contribution in [3.8, 4) is 0 Å². The van der Waals surface area contributed by atoms with E-state index in [0.717, 1.165) is 38.8 Å². The van der Waals surface area contributed by atoms with Crippen molar-refractivity contribution in [3.63, 3.8) is 0 Å². The highest BCUT2D eigenvalue weighted by Gasteiger charge is 2.42. The molecule has 28 heavy (non-hydrogen) atoms. The van der Waals surface area contributed by atoms with Crippen LogP contribution in [0.15, 0.2) is 0 Å². The summed E-state index contributed by atoms with van der Waals surface area (Å²) in [4.78, 5) is 29.6. The second-order valence-electron chi connectivity index (χ2n) is 9.10. The lowest BCUT2D eigenvalue weighted by molar-refractivity contribution is -0.159. The Labute approximate surface area is 168 Å². The van der Waals surface area contributed by atoms with Crippen molar-refractivity contribution in [2.45, 2.75) is 114 Å². The average Bonchev–Trinajstić information content (AvgIpc) is 3.08. The van der Waals surface area contributed by atoms with Gasteiger partial charge in [-0.1, -0.05) is 13.8 Å². The van der Waals surface area contributed by atoms with E-state index in [1.165, 1.54) is 25.7 Å². The minimum Gasteiger partial charge on any atom is -0.462 e. The number of hydrogen-bond donors (Lipinski definition) is 0. The van der Waals surface area contributed by atoms with Crippen molar-refractivity contribution in [3.05, 3.63) is 0 Å².